The summed E-state index contributed by atoms with van der Waals surface area (Å²) in [6.45, 7) is 3.46. The van der Waals surface area contributed by atoms with Gasteiger partial charge in [0.2, 0.25) is 0 Å². The molecule has 1 fully saturated rings. The van der Waals surface area contributed by atoms with Crippen LogP contribution in [0, 0.1) is 17.0 Å². The molecule has 1 aliphatic rings. The molecule has 2 rings (SSSR count). The summed E-state index contributed by atoms with van der Waals surface area (Å²) in [7, 11) is 0. The third-order valence-corrected chi connectivity index (χ3v) is 2.98. The van der Waals surface area contributed by atoms with Crippen LogP contribution in [0.1, 0.15) is 18.4 Å². The van der Waals surface area contributed by atoms with Crippen molar-refractivity contribution in [2.75, 3.05) is 18.5 Å². The molecule has 0 aliphatic carbocycles. The van der Waals surface area contributed by atoms with Crippen LogP contribution in [-0.4, -0.2) is 24.2 Å². The first-order chi connectivity index (χ1) is 8.16. The summed E-state index contributed by atoms with van der Waals surface area (Å²) in [5, 5.41) is 13.9. The van der Waals surface area contributed by atoms with E-state index in [-0.39, 0.29) is 16.7 Å². The van der Waals surface area contributed by atoms with Crippen molar-refractivity contribution in [2.24, 2.45) is 0 Å². The molecule has 1 heterocycles. The first kappa shape index (κ1) is 11.9. The highest BCUT2D eigenvalue weighted by atomic mass is 16.6. The van der Waals surface area contributed by atoms with Gasteiger partial charge >= 0.3 is 0 Å². The largest absolute Gasteiger partial charge is 0.382 e. The van der Waals surface area contributed by atoms with Crippen molar-refractivity contribution in [1.29, 1.82) is 0 Å². The summed E-state index contributed by atoms with van der Waals surface area (Å²) in [4.78, 5) is 10.3. The lowest BCUT2D eigenvalue weighted by atomic mass is 10.1. The fourth-order valence-corrected chi connectivity index (χ4v) is 1.94. The van der Waals surface area contributed by atoms with Crippen LogP contribution in [0.25, 0.3) is 0 Å². The van der Waals surface area contributed by atoms with Crippen LogP contribution >= 0.6 is 0 Å². The Labute approximate surface area is 99.9 Å². The van der Waals surface area contributed by atoms with E-state index >= 15 is 0 Å². The average molecular weight is 236 g/mol. The predicted molar refractivity (Wildman–Crippen MR) is 65.3 cm³/mol. The number of nitro groups is 1. The van der Waals surface area contributed by atoms with Crippen molar-refractivity contribution in [3.8, 4) is 0 Å². The second-order valence-corrected chi connectivity index (χ2v) is 4.27. The van der Waals surface area contributed by atoms with Gasteiger partial charge < -0.3 is 10.1 Å². The molecule has 92 valence electrons. The highest BCUT2D eigenvalue weighted by Gasteiger charge is 2.16. The number of nitrogens with one attached hydrogen (secondary N) is 1. The summed E-state index contributed by atoms with van der Waals surface area (Å²) in [5.74, 6) is 0. The number of rotatable bonds is 4. The number of anilines is 1. The van der Waals surface area contributed by atoms with Crippen LogP contribution in [0.15, 0.2) is 18.2 Å². The first-order valence-corrected chi connectivity index (χ1v) is 5.77. The van der Waals surface area contributed by atoms with E-state index in [9.17, 15) is 10.1 Å². The van der Waals surface area contributed by atoms with E-state index in [4.69, 9.17) is 4.74 Å². The summed E-state index contributed by atoms with van der Waals surface area (Å²) in [6.07, 6.45) is 2.38. The maximum Gasteiger partial charge on any atom is 0.271 e. The monoisotopic (exact) mass is 236 g/mol. The Morgan fingerprint density at radius 2 is 2.41 bits per heavy atom. The van der Waals surface area contributed by atoms with Crippen molar-refractivity contribution >= 4 is 11.4 Å². The normalized spacial score (nSPS) is 19.2. The van der Waals surface area contributed by atoms with Crippen LogP contribution in [0.5, 0.6) is 0 Å². The van der Waals surface area contributed by atoms with E-state index < -0.39 is 0 Å². The van der Waals surface area contributed by atoms with Gasteiger partial charge in [-0.3, -0.25) is 10.1 Å². The van der Waals surface area contributed by atoms with Crippen LogP contribution in [-0.2, 0) is 4.74 Å². The second kappa shape index (κ2) is 5.14. The minimum atomic E-state index is -0.378. The SMILES string of the molecule is Cc1ccc([N+](=O)[O-])cc1NCC1CCCO1. The molecule has 5 heteroatoms. The van der Waals surface area contributed by atoms with E-state index in [2.05, 4.69) is 5.32 Å². The van der Waals surface area contributed by atoms with Gasteiger partial charge in [-0.15, -0.1) is 0 Å². The average Bonchev–Trinajstić information content (AvgIpc) is 2.80. The van der Waals surface area contributed by atoms with E-state index in [0.717, 1.165) is 30.7 Å². The number of ether oxygens (including phenoxy) is 1. The minimum absolute atomic E-state index is 0.116. The Morgan fingerprint density at radius 3 is 3.06 bits per heavy atom. The molecule has 0 radical (unpaired) electrons. The van der Waals surface area contributed by atoms with Gasteiger partial charge in [0.1, 0.15) is 0 Å². The summed E-state index contributed by atoms with van der Waals surface area (Å²) in [5.41, 5.74) is 1.94. The van der Waals surface area contributed by atoms with Gasteiger partial charge in [-0.1, -0.05) is 6.07 Å². The molecular weight excluding hydrogens is 220 g/mol. The van der Waals surface area contributed by atoms with Crippen molar-refractivity contribution < 1.29 is 9.66 Å². The van der Waals surface area contributed by atoms with Crippen molar-refractivity contribution in [1.82, 2.24) is 0 Å². The van der Waals surface area contributed by atoms with Crippen molar-refractivity contribution in [3.63, 3.8) is 0 Å². The minimum Gasteiger partial charge on any atom is -0.382 e. The Morgan fingerprint density at radius 1 is 1.59 bits per heavy atom. The van der Waals surface area contributed by atoms with Gasteiger partial charge in [0, 0.05) is 31.0 Å². The standard InChI is InChI=1S/C12H16N2O3/c1-9-4-5-10(14(15)16)7-12(9)13-8-11-3-2-6-17-11/h4-5,7,11,13H,2-3,6,8H2,1H3. The third-order valence-electron chi connectivity index (χ3n) is 2.98. The van der Waals surface area contributed by atoms with Gasteiger partial charge in [0.15, 0.2) is 0 Å². The molecule has 1 unspecified atom stereocenters. The quantitative estimate of drug-likeness (QED) is 0.644. The third kappa shape index (κ3) is 2.94. The van der Waals surface area contributed by atoms with Gasteiger partial charge in [0.05, 0.1) is 11.0 Å². The first-order valence-electron chi connectivity index (χ1n) is 5.77. The molecule has 0 saturated carbocycles. The summed E-state index contributed by atoms with van der Waals surface area (Å²) >= 11 is 0. The number of non-ortho nitro benzene ring substituents is 1. The molecule has 0 aromatic heterocycles. The number of hydrogen-bond acceptors (Lipinski definition) is 4. The fourth-order valence-electron chi connectivity index (χ4n) is 1.94. The Balaban J connectivity index is 2.03. The summed E-state index contributed by atoms with van der Waals surface area (Å²) < 4.78 is 5.50. The fraction of sp³-hybridized carbons (Fsp3) is 0.500. The lowest BCUT2D eigenvalue weighted by molar-refractivity contribution is -0.384. The van der Waals surface area contributed by atoms with Crippen LogP contribution in [0.3, 0.4) is 0 Å². The Kier molecular flexibility index (Phi) is 3.58. The Hall–Kier alpha value is -1.62. The van der Waals surface area contributed by atoms with Gasteiger partial charge in [-0.25, -0.2) is 0 Å². The Bertz CT molecular complexity index is 414. The smallest absolute Gasteiger partial charge is 0.271 e. The van der Waals surface area contributed by atoms with E-state index in [1.54, 1.807) is 12.1 Å². The van der Waals surface area contributed by atoms with Crippen LogP contribution < -0.4 is 5.32 Å². The highest BCUT2D eigenvalue weighted by molar-refractivity contribution is 5.56. The molecule has 0 spiro atoms. The number of aryl methyl sites for hydroxylation is 1. The molecule has 0 bridgehead atoms. The lowest BCUT2D eigenvalue weighted by Crippen LogP contribution is -2.18. The van der Waals surface area contributed by atoms with Crippen LogP contribution in [0.2, 0.25) is 0 Å². The molecule has 1 aromatic carbocycles. The van der Waals surface area contributed by atoms with Crippen LogP contribution in [0.4, 0.5) is 11.4 Å². The number of benzene rings is 1. The van der Waals surface area contributed by atoms with Gasteiger partial charge in [-0.05, 0) is 25.3 Å². The molecule has 1 N–H and O–H groups in total. The zero-order chi connectivity index (χ0) is 12.3. The predicted octanol–water partition coefficient (Wildman–Crippen LogP) is 2.49. The number of nitrogens with zero attached hydrogens (tertiary/aromatic N) is 1. The zero-order valence-corrected chi connectivity index (χ0v) is 9.81. The second-order valence-electron chi connectivity index (χ2n) is 4.27. The molecule has 1 aliphatic heterocycles. The van der Waals surface area contributed by atoms with Gasteiger partial charge in [-0.2, -0.15) is 0 Å². The number of nitro benzene ring substituents is 1. The highest BCUT2D eigenvalue weighted by Crippen LogP contribution is 2.22. The van der Waals surface area contributed by atoms with E-state index in [1.807, 2.05) is 6.92 Å². The molecule has 1 aromatic rings. The van der Waals surface area contributed by atoms with E-state index in [0.29, 0.717) is 6.54 Å². The van der Waals surface area contributed by atoms with Gasteiger partial charge in [0.25, 0.3) is 5.69 Å². The molecule has 1 saturated heterocycles. The topological polar surface area (TPSA) is 64.4 Å². The van der Waals surface area contributed by atoms with Crippen molar-refractivity contribution in [2.45, 2.75) is 25.9 Å². The van der Waals surface area contributed by atoms with E-state index in [1.165, 1.54) is 6.07 Å². The zero-order valence-electron chi connectivity index (χ0n) is 9.81. The van der Waals surface area contributed by atoms with Crippen molar-refractivity contribution in [3.05, 3.63) is 33.9 Å². The molecule has 17 heavy (non-hydrogen) atoms. The molecule has 1 atom stereocenters. The maximum atomic E-state index is 10.7. The molecule has 5 nitrogen and oxygen atoms in total. The maximum absolute atomic E-state index is 10.7. The molecule has 0 amide bonds. The molecular formula is C12H16N2O3. The summed E-state index contributed by atoms with van der Waals surface area (Å²) in [6, 6.07) is 4.85. The number of hydrogen-bond donors (Lipinski definition) is 1. The lowest BCUT2D eigenvalue weighted by Gasteiger charge is -2.13.